The predicted molar refractivity (Wildman–Crippen MR) is 67.7 cm³/mol. The van der Waals surface area contributed by atoms with E-state index in [1.807, 2.05) is 0 Å². The number of rotatable bonds is 3. The second kappa shape index (κ2) is 4.31. The summed E-state index contributed by atoms with van der Waals surface area (Å²) < 4.78 is 1.42. The van der Waals surface area contributed by atoms with Crippen LogP contribution >= 0.6 is 11.6 Å². The summed E-state index contributed by atoms with van der Waals surface area (Å²) in [5, 5.41) is 21.5. The van der Waals surface area contributed by atoms with E-state index in [-0.39, 0.29) is 0 Å². The van der Waals surface area contributed by atoms with Gasteiger partial charge in [-0.25, -0.2) is 9.48 Å². The van der Waals surface area contributed by atoms with Gasteiger partial charge in [0.2, 0.25) is 0 Å². The van der Waals surface area contributed by atoms with E-state index in [4.69, 9.17) is 11.6 Å². The van der Waals surface area contributed by atoms with Gasteiger partial charge in [-0.05, 0) is 54.0 Å². The molecule has 19 heavy (non-hydrogen) atoms. The summed E-state index contributed by atoms with van der Waals surface area (Å²) in [4.78, 5) is 11.5. The van der Waals surface area contributed by atoms with Crippen molar-refractivity contribution in [2.45, 2.75) is 24.8 Å². The molecule has 1 aliphatic carbocycles. The van der Waals surface area contributed by atoms with E-state index in [1.54, 1.807) is 24.3 Å². The van der Waals surface area contributed by atoms with Crippen LogP contribution in [0.5, 0.6) is 0 Å². The van der Waals surface area contributed by atoms with Crippen molar-refractivity contribution >= 4 is 17.6 Å². The zero-order chi connectivity index (χ0) is 13.5. The summed E-state index contributed by atoms with van der Waals surface area (Å²) in [7, 11) is 0. The molecule has 0 bridgehead atoms. The Balaban J connectivity index is 2.08. The van der Waals surface area contributed by atoms with Gasteiger partial charge in [-0.2, -0.15) is 0 Å². The van der Waals surface area contributed by atoms with Crippen molar-refractivity contribution in [3.05, 3.63) is 29.3 Å². The van der Waals surface area contributed by atoms with Crippen molar-refractivity contribution in [3.63, 3.8) is 0 Å². The smallest absolute Gasteiger partial charge is 0.331 e. The van der Waals surface area contributed by atoms with Gasteiger partial charge in [0.15, 0.2) is 11.4 Å². The van der Waals surface area contributed by atoms with Crippen LogP contribution in [-0.4, -0.2) is 31.3 Å². The maximum Gasteiger partial charge on any atom is 0.331 e. The van der Waals surface area contributed by atoms with Crippen LogP contribution in [-0.2, 0) is 10.3 Å². The minimum Gasteiger partial charge on any atom is -0.479 e. The van der Waals surface area contributed by atoms with Gasteiger partial charge in [0.25, 0.3) is 0 Å². The summed E-state index contributed by atoms with van der Waals surface area (Å²) in [5.41, 5.74) is -0.250. The lowest BCUT2D eigenvalue weighted by molar-refractivity contribution is -0.153. The molecule has 3 rings (SSSR count). The molecular formula is C12H11ClN4O2. The van der Waals surface area contributed by atoms with E-state index >= 15 is 0 Å². The molecule has 98 valence electrons. The van der Waals surface area contributed by atoms with Gasteiger partial charge in [-0.1, -0.05) is 11.6 Å². The van der Waals surface area contributed by atoms with Gasteiger partial charge in [-0.15, -0.1) is 5.10 Å². The number of tetrazole rings is 1. The molecule has 0 radical (unpaired) electrons. The Hall–Kier alpha value is -1.95. The summed E-state index contributed by atoms with van der Waals surface area (Å²) in [6.07, 6.45) is 1.97. The van der Waals surface area contributed by atoms with Crippen molar-refractivity contribution in [3.8, 4) is 11.4 Å². The minimum absolute atomic E-state index is 0.457. The molecule has 0 spiro atoms. The van der Waals surface area contributed by atoms with Crippen molar-refractivity contribution in [2.24, 2.45) is 0 Å². The maximum absolute atomic E-state index is 11.5. The first-order valence-corrected chi connectivity index (χ1v) is 6.29. The molecule has 0 amide bonds. The molecule has 0 unspecified atom stereocenters. The highest BCUT2D eigenvalue weighted by molar-refractivity contribution is 6.30. The molecule has 1 aliphatic rings. The van der Waals surface area contributed by atoms with Crippen molar-refractivity contribution in [1.82, 2.24) is 20.2 Å². The number of carboxylic acids is 1. The fraction of sp³-hybridized carbons (Fsp3) is 0.333. The van der Waals surface area contributed by atoms with Crippen LogP contribution in [0.4, 0.5) is 0 Å². The summed E-state index contributed by atoms with van der Waals surface area (Å²) >= 11 is 5.84. The zero-order valence-electron chi connectivity index (χ0n) is 9.95. The molecule has 6 nitrogen and oxygen atoms in total. The topological polar surface area (TPSA) is 80.9 Å². The third-order valence-electron chi connectivity index (χ3n) is 3.56. The Labute approximate surface area is 114 Å². The van der Waals surface area contributed by atoms with Crippen LogP contribution in [0.25, 0.3) is 11.4 Å². The molecule has 0 saturated heterocycles. The first kappa shape index (κ1) is 12.1. The molecule has 1 aromatic heterocycles. The fourth-order valence-electron chi connectivity index (χ4n) is 2.28. The van der Waals surface area contributed by atoms with Gasteiger partial charge in [-0.3, -0.25) is 0 Å². The Morgan fingerprint density at radius 2 is 2.00 bits per heavy atom. The Morgan fingerprint density at radius 1 is 1.32 bits per heavy atom. The molecule has 1 saturated carbocycles. The highest BCUT2D eigenvalue weighted by Crippen LogP contribution is 2.40. The number of hydrogen-bond donors (Lipinski definition) is 1. The molecule has 1 fully saturated rings. The van der Waals surface area contributed by atoms with Crippen LogP contribution < -0.4 is 0 Å². The molecule has 0 aliphatic heterocycles. The van der Waals surface area contributed by atoms with Gasteiger partial charge >= 0.3 is 5.97 Å². The number of aromatic nitrogens is 4. The maximum atomic E-state index is 11.5. The van der Waals surface area contributed by atoms with Crippen molar-refractivity contribution in [1.29, 1.82) is 0 Å². The summed E-state index contributed by atoms with van der Waals surface area (Å²) in [6, 6.07) is 7.01. The van der Waals surface area contributed by atoms with Crippen molar-refractivity contribution < 1.29 is 9.90 Å². The van der Waals surface area contributed by atoms with E-state index in [2.05, 4.69) is 15.5 Å². The number of halogens is 1. The van der Waals surface area contributed by atoms with E-state index in [0.717, 1.165) is 12.0 Å². The Bertz CT molecular complexity index is 619. The van der Waals surface area contributed by atoms with Gasteiger partial charge < -0.3 is 5.11 Å². The molecular weight excluding hydrogens is 268 g/mol. The van der Waals surface area contributed by atoms with E-state index in [1.165, 1.54) is 4.68 Å². The largest absolute Gasteiger partial charge is 0.479 e. The highest BCUT2D eigenvalue weighted by atomic mass is 35.5. The first-order valence-electron chi connectivity index (χ1n) is 5.92. The van der Waals surface area contributed by atoms with E-state index in [0.29, 0.717) is 23.7 Å². The number of carbonyl (C=O) groups is 1. The third kappa shape index (κ3) is 1.79. The van der Waals surface area contributed by atoms with Gasteiger partial charge in [0, 0.05) is 10.6 Å². The van der Waals surface area contributed by atoms with Crippen LogP contribution in [0.1, 0.15) is 19.3 Å². The SMILES string of the molecule is O=C(O)C1(n2nnnc2-c2ccc(Cl)cc2)CCC1. The normalized spacial score (nSPS) is 16.9. The van der Waals surface area contributed by atoms with E-state index in [9.17, 15) is 9.90 Å². The fourth-order valence-corrected chi connectivity index (χ4v) is 2.41. The number of benzene rings is 1. The highest BCUT2D eigenvalue weighted by Gasteiger charge is 2.49. The average molecular weight is 279 g/mol. The van der Waals surface area contributed by atoms with Crippen LogP contribution in [0.15, 0.2) is 24.3 Å². The van der Waals surface area contributed by atoms with Crippen molar-refractivity contribution in [2.75, 3.05) is 0 Å². The monoisotopic (exact) mass is 278 g/mol. The number of carboxylic acid groups (broad SMARTS) is 1. The molecule has 1 aromatic carbocycles. The standard InChI is InChI=1S/C12H11ClN4O2/c13-9-4-2-8(3-5-9)10-14-15-16-17(10)12(11(18)19)6-1-7-12/h2-5H,1,6-7H2,(H,18,19). The summed E-state index contributed by atoms with van der Waals surface area (Å²) in [6.45, 7) is 0. The summed E-state index contributed by atoms with van der Waals surface area (Å²) in [5.74, 6) is -0.431. The second-order valence-corrected chi connectivity index (χ2v) is 5.05. The first-order chi connectivity index (χ1) is 9.13. The number of hydrogen-bond acceptors (Lipinski definition) is 4. The van der Waals surface area contributed by atoms with E-state index < -0.39 is 11.5 Å². The minimum atomic E-state index is -1.00. The molecule has 2 aromatic rings. The Morgan fingerprint density at radius 3 is 2.53 bits per heavy atom. The Kier molecular flexibility index (Phi) is 2.74. The van der Waals surface area contributed by atoms with Crippen LogP contribution in [0, 0.1) is 0 Å². The quantitative estimate of drug-likeness (QED) is 0.928. The third-order valence-corrected chi connectivity index (χ3v) is 3.81. The van der Waals surface area contributed by atoms with Crippen LogP contribution in [0.3, 0.4) is 0 Å². The zero-order valence-corrected chi connectivity index (χ0v) is 10.7. The second-order valence-electron chi connectivity index (χ2n) is 4.61. The average Bonchev–Trinajstić information content (AvgIpc) is 2.77. The van der Waals surface area contributed by atoms with Crippen LogP contribution in [0.2, 0.25) is 5.02 Å². The van der Waals surface area contributed by atoms with Gasteiger partial charge in [0.1, 0.15) is 0 Å². The molecule has 1 N–H and O–H groups in total. The molecule has 7 heteroatoms. The lowest BCUT2D eigenvalue weighted by Gasteiger charge is -2.37. The van der Waals surface area contributed by atoms with Gasteiger partial charge in [0.05, 0.1) is 0 Å². The predicted octanol–water partition coefficient (Wildman–Crippen LogP) is 1.96. The number of aliphatic carboxylic acids is 1. The number of nitrogens with zero attached hydrogens (tertiary/aromatic N) is 4. The molecule has 1 heterocycles. The lowest BCUT2D eigenvalue weighted by Crippen LogP contribution is -2.48. The lowest BCUT2D eigenvalue weighted by atomic mass is 9.76. The molecule has 0 atom stereocenters.